The summed E-state index contributed by atoms with van der Waals surface area (Å²) in [7, 11) is 0. The summed E-state index contributed by atoms with van der Waals surface area (Å²) in [4.78, 5) is 24.1. The van der Waals surface area contributed by atoms with E-state index in [-0.39, 0.29) is 24.7 Å². The molecule has 0 radical (unpaired) electrons. The van der Waals surface area contributed by atoms with Crippen molar-refractivity contribution in [1.29, 1.82) is 0 Å². The largest absolute Gasteiger partial charge is 0.462 e. The SMILES string of the molecule is C=C(C)C(=O)OCC(COC(=O)C(=C)CO)CC1CCC(C2CCC(c3ccc(C4CCC(CCCCC)CC4)cc3)CC2)CC1. The molecule has 1 aromatic rings. The van der Waals surface area contributed by atoms with Crippen molar-refractivity contribution in [2.75, 3.05) is 19.8 Å². The first-order valence-corrected chi connectivity index (χ1v) is 18.7. The van der Waals surface area contributed by atoms with Gasteiger partial charge < -0.3 is 14.6 Å². The number of unbranched alkanes of at least 4 members (excludes halogenated alkanes) is 2. The number of carbonyl (C=O) groups excluding carboxylic acids is 2. The van der Waals surface area contributed by atoms with Gasteiger partial charge in [0.25, 0.3) is 0 Å². The molecule has 1 atom stereocenters. The Labute approximate surface area is 279 Å². The van der Waals surface area contributed by atoms with Gasteiger partial charge in [-0.25, -0.2) is 9.59 Å². The third kappa shape index (κ3) is 11.1. The zero-order valence-electron chi connectivity index (χ0n) is 29.0. The molecule has 0 aromatic heterocycles. The third-order valence-corrected chi connectivity index (χ3v) is 11.7. The minimum Gasteiger partial charge on any atom is -0.462 e. The highest BCUT2D eigenvalue weighted by molar-refractivity contribution is 5.88. The minimum atomic E-state index is -0.593. The van der Waals surface area contributed by atoms with Crippen LogP contribution in [0, 0.1) is 29.6 Å². The molecule has 0 spiro atoms. The normalized spacial score (nSPS) is 27.4. The van der Waals surface area contributed by atoms with Crippen LogP contribution in [-0.2, 0) is 19.1 Å². The maximum Gasteiger partial charge on any atom is 0.335 e. The van der Waals surface area contributed by atoms with Gasteiger partial charge in [0.15, 0.2) is 0 Å². The lowest BCUT2D eigenvalue weighted by atomic mass is 9.67. The highest BCUT2D eigenvalue weighted by Gasteiger charge is 2.33. The molecule has 0 bridgehead atoms. The van der Waals surface area contributed by atoms with Crippen molar-refractivity contribution >= 4 is 11.9 Å². The Balaban J connectivity index is 1.18. The lowest BCUT2D eigenvalue weighted by Crippen LogP contribution is -2.28. The first-order chi connectivity index (χ1) is 22.3. The Morgan fingerprint density at radius 2 is 1.22 bits per heavy atom. The molecule has 5 nitrogen and oxygen atoms in total. The molecule has 5 heteroatoms. The van der Waals surface area contributed by atoms with E-state index in [4.69, 9.17) is 9.47 Å². The van der Waals surface area contributed by atoms with Crippen LogP contribution in [0.3, 0.4) is 0 Å². The first-order valence-electron chi connectivity index (χ1n) is 18.7. The number of aliphatic hydroxyl groups excluding tert-OH is 1. The second-order valence-electron chi connectivity index (χ2n) is 15.1. The molecule has 3 aliphatic rings. The second kappa shape index (κ2) is 18.8. The number of ether oxygens (including phenoxy) is 2. The number of hydrogen-bond donors (Lipinski definition) is 1. The van der Waals surface area contributed by atoms with Gasteiger partial charge in [-0.05, 0) is 124 Å². The number of carbonyl (C=O) groups is 2. The molecule has 256 valence electrons. The van der Waals surface area contributed by atoms with Crippen molar-refractivity contribution in [1.82, 2.24) is 0 Å². The molecular weight excluding hydrogens is 572 g/mol. The highest BCUT2D eigenvalue weighted by atomic mass is 16.5. The third-order valence-electron chi connectivity index (χ3n) is 11.7. The number of benzene rings is 1. The van der Waals surface area contributed by atoms with E-state index in [1.54, 1.807) is 18.1 Å². The van der Waals surface area contributed by atoms with Crippen LogP contribution in [0.5, 0.6) is 0 Å². The molecule has 0 aliphatic heterocycles. The van der Waals surface area contributed by atoms with E-state index >= 15 is 0 Å². The molecule has 1 aromatic carbocycles. The molecule has 1 N–H and O–H groups in total. The lowest BCUT2D eigenvalue weighted by Gasteiger charge is -2.38. The summed E-state index contributed by atoms with van der Waals surface area (Å²) in [6.45, 7) is 11.1. The van der Waals surface area contributed by atoms with E-state index in [1.165, 1.54) is 103 Å². The van der Waals surface area contributed by atoms with Gasteiger partial charge in [-0.2, -0.15) is 0 Å². The van der Waals surface area contributed by atoms with Gasteiger partial charge in [0.1, 0.15) is 0 Å². The fraction of sp³-hybridized carbons (Fsp3) is 0.707. The monoisotopic (exact) mass is 634 g/mol. The Morgan fingerprint density at radius 1 is 0.739 bits per heavy atom. The van der Waals surface area contributed by atoms with Gasteiger partial charge in [0.05, 0.1) is 25.4 Å². The van der Waals surface area contributed by atoms with Crippen molar-refractivity contribution in [3.8, 4) is 0 Å². The van der Waals surface area contributed by atoms with E-state index in [1.807, 2.05) is 0 Å². The van der Waals surface area contributed by atoms with Crippen molar-refractivity contribution in [3.63, 3.8) is 0 Å². The summed E-state index contributed by atoms with van der Waals surface area (Å²) in [5.74, 6) is 3.55. The summed E-state index contributed by atoms with van der Waals surface area (Å²) < 4.78 is 10.8. The van der Waals surface area contributed by atoms with Gasteiger partial charge in [0.2, 0.25) is 0 Å². The average Bonchev–Trinajstić information content (AvgIpc) is 3.09. The van der Waals surface area contributed by atoms with Crippen LogP contribution in [0.2, 0.25) is 0 Å². The second-order valence-corrected chi connectivity index (χ2v) is 15.1. The lowest BCUT2D eigenvalue weighted by molar-refractivity contribution is -0.144. The molecule has 3 saturated carbocycles. The van der Waals surface area contributed by atoms with E-state index in [9.17, 15) is 14.7 Å². The highest BCUT2D eigenvalue weighted by Crippen LogP contribution is 2.45. The summed E-state index contributed by atoms with van der Waals surface area (Å²) in [5.41, 5.74) is 3.53. The first kappa shape index (κ1) is 36.4. The Morgan fingerprint density at radius 3 is 1.72 bits per heavy atom. The van der Waals surface area contributed by atoms with Gasteiger partial charge >= 0.3 is 11.9 Å². The van der Waals surface area contributed by atoms with Crippen LogP contribution >= 0.6 is 0 Å². The van der Waals surface area contributed by atoms with Crippen molar-refractivity contribution in [2.24, 2.45) is 29.6 Å². The maximum absolute atomic E-state index is 12.1. The van der Waals surface area contributed by atoms with Crippen LogP contribution in [0.15, 0.2) is 48.6 Å². The molecule has 0 saturated heterocycles. The molecular formula is C41H62O5. The van der Waals surface area contributed by atoms with Crippen LogP contribution < -0.4 is 0 Å². The number of rotatable bonds is 16. The number of hydrogen-bond acceptors (Lipinski definition) is 5. The van der Waals surface area contributed by atoms with E-state index in [0.29, 0.717) is 17.4 Å². The fourth-order valence-corrected chi connectivity index (χ4v) is 8.66. The quantitative estimate of drug-likeness (QED) is 0.111. The molecule has 0 amide bonds. The standard InChI is InChI=1S/C41H62O5/c1-5-6-7-8-31-9-13-34(14-10-31)36-17-21-38(22-18-36)39-23-19-37(20-24-39)35-15-11-32(12-16-35)25-33(27-45-40(43)29(2)3)28-46-41(44)30(4)26-42/h17-18,21-22,31-35,37,39,42H,2,4-16,19-20,23-28H2,1,3H3. The van der Waals surface area contributed by atoms with Crippen LogP contribution in [0.25, 0.3) is 0 Å². The topological polar surface area (TPSA) is 72.8 Å². The number of esters is 2. The van der Waals surface area contributed by atoms with Gasteiger partial charge in [-0.1, -0.05) is 82.9 Å². The zero-order chi connectivity index (χ0) is 32.9. The van der Waals surface area contributed by atoms with Crippen molar-refractivity contribution < 1.29 is 24.2 Å². The maximum atomic E-state index is 12.1. The Bertz CT molecular complexity index is 1100. The molecule has 46 heavy (non-hydrogen) atoms. The molecule has 1 unspecified atom stereocenters. The summed E-state index contributed by atoms with van der Waals surface area (Å²) in [6, 6.07) is 9.84. The van der Waals surface area contributed by atoms with Crippen molar-refractivity contribution in [2.45, 2.75) is 135 Å². The smallest absolute Gasteiger partial charge is 0.335 e. The summed E-state index contributed by atoms with van der Waals surface area (Å²) in [6.07, 6.45) is 22.2. The van der Waals surface area contributed by atoms with E-state index < -0.39 is 18.5 Å². The fourth-order valence-electron chi connectivity index (χ4n) is 8.66. The number of aliphatic hydroxyl groups is 1. The molecule has 3 fully saturated rings. The minimum absolute atomic E-state index is 0.0375. The summed E-state index contributed by atoms with van der Waals surface area (Å²) in [5, 5.41) is 9.18. The van der Waals surface area contributed by atoms with Gasteiger partial charge in [-0.3, -0.25) is 0 Å². The molecule has 4 rings (SSSR count). The van der Waals surface area contributed by atoms with Crippen molar-refractivity contribution in [3.05, 3.63) is 59.7 Å². The van der Waals surface area contributed by atoms with Gasteiger partial charge in [-0.15, -0.1) is 0 Å². The molecule has 0 heterocycles. The predicted octanol–water partition coefficient (Wildman–Crippen LogP) is 9.84. The van der Waals surface area contributed by atoms with E-state index in [0.717, 1.165) is 30.1 Å². The Kier molecular flexibility index (Phi) is 14.9. The van der Waals surface area contributed by atoms with Crippen LogP contribution in [0.1, 0.15) is 146 Å². The summed E-state index contributed by atoms with van der Waals surface area (Å²) >= 11 is 0. The van der Waals surface area contributed by atoms with E-state index in [2.05, 4.69) is 44.3 Å². The predicted molar refractivity (Wildman–Crippen MR) is 186 cm³/mol. The average molecular weight is 635 g/mol. The Hall–Kier alpha value is -2.40. The van der Waals surface area contributed by atoms with Crippen LogP contribution in [0.4, 0.5) is 0 Å². The van der Waals surface area contributed by atoms with Gasteiger partial charge in [0, 0.05) is 11.5 Å². The zero-order valence-corrected chi connectivity index (χ0v) is 29.0. The van der Waals surface area contributed by atoms with Crippen LogP contribution in [-0.4, -0.2) is 36.9 Å². The molecule has 3 aliphatic carbocycles.